The summed E-state index contributed by atoms with van der Waals surface area (Å²) < 4.78 is 10.3. The van der Waals surface area contributed by atoms with E-state index in [-0.39, 0.29) is 12.0 Å². The molecule has 1 rings (SSSR count). The molecule has 0 aliphatic carbocycles. The molecular formula is C14H21NO3. The zero-order valence-corrected chi connectivity index (χ0v) is 11.5. The zero-order chi connectivity index (χ0) is 13.7. The number of nitrogens with one attached hydrogen (secondary N) is 1. The minimum Gasteiger partial charge on any atom is -0.466 e. The van der Waals surface area contributed by atoms with Gasteiger partial charge in [0.15, 0.2) is 0 Å². The summed E-state index contributed by atoms with van der Waals surface area (Å²) in [6, 6.07) is 2.11. The lowest BCUT2D eigenvalue weighted by molar-refractivity contribution is -0.138. The van der Waals surface area contributed by atoms with E-state index in [4.69, 9.17) is 9.15 Å². The highest BCUT2D eigenvalue weighted by atomic mass is 16.5. The van der Waals surface area contributed by atoms with E-state index in [9.17, 15) is 4.79 Å². The molecule has 4 heteroatoms. The van der Waals surface area contributed by atoms with Gasteiger partial charge in [-0.05, 0) is 33.8 Å². The second-order valence-electron chi connectivity index (χ2n) is 4.30. The van der Waals surface area contributed by atoms with Gasteiger partial charge in [-0.15, -0.1) is 0 Å². The summed E-state index contributed by atoms with van der Waals surface area (Å²) in [4.78, 5) is 11.4. The van der Waals surface area contributed by atoms with E-state index in [1.165, 1.54) is 0 Å². The lowest BCUT2D eigenvalue weighted by Gasteiger charge is -2.13. The molecule has 0 bridgehead atoms. The van der Waals surface area contributed by atoms with Gasteiger partial charge in [-0.3, -0.25) is 0 Å². The number of esters is 1. The number of hydrogen-bond donors (Lipinski definition) is 1. The van der Waals surface area contributed by atoms with Crippen molar-refractivity contribution in [3.8, 4) is 0 Å². The minimum absolute atomic E-state index is 0.105. The molecule has 4 nitrogen and oxygen atoms in total. The quantitative estimate of drug-likeness (QED) is 0.624. The van der Waals surface area contributed by atoms with Crippen LogP contribution in [0.1, 0.15) is 37.0 Å². The van der Waals surface area contributed by atoms with Crippen LogP contribution in [0.15, 0.2) is 22.6 Å². The molecule has 0 aromatic carbocycles. The van der Waals surface area contributed by atoms with E-state index >= 15 is 0 Å². The molecule has 0 aliphatic rings. The monoisotopic (exact) mass is 251 g/mol. The summed E-state index contributed by atoms with van der Waals surface area (Å²) in [6.45, 7) is 12.1. The topological polar surface area (TPSA) is 51.5 Å². The molecule has 0 spiro atoms. The lowest BCUT2D eigenvalue weighted by atomic mass is 10.1. The molecule has 18 heavy (non-hydrogen) atoms. The van der Waals surface area contributed by atoms with Crippen LogP contribution >= 0.6 is 0 Å². The standard InChI is InChI=1S/C14H21NO3/c1-6-17-14(16)9(2)8-15-11(4)13-7-10(3)18-12(13)5/h7,11,15H,2,6,8H2,1,3-5H3. The Hall–Kier alpha value is -1.55. The molecule has 0 amide bonds. The molecule has 1 N–H and O–H groups in total. The zero-order valence-electron chi connectivity index (χ0n) is 11.5. The van der Waals surface area contributed by atoms with Crippen molar-refractivity contribution in [1.82, 2.24) is 5.32 Å². The summed E-state index contributed by atoms with van der Waals surface area (Å²) >= 11 is 0. The van der Waals surface area contributed by atoms with Crippen LogP contribution in [-0.4, -0.2) is 19.1 Å². The van der Waals surface area contributed by atoms with Crippen molar-refractivity contribution < 1.29 is 13.9 Å². The van der Waals surface area contributed by atoms with Crippen LogP contribution in [0.5, 0.6) is 0 Å². The summed E-state index contributed by atoms with van der Waals surface area (Å²) in [5.41, 5.74) is 1.53. The van der Waals surface area contributed by atoms with Crippen LogP contribution in [0.2, 0.25) is 0 Å². The Kier molecular flexibility index (Phi) is 5.16. The van der Waals surface area contributed by atoms with E-state index in [0.717, 1.165) is 17.1 Å². The highest BCUT2D eigenvalue weighted by Gasteiger charge is 2.14. The summed E-state index contributed by atoms with van der Waals surface area (Å²) in [7, 11) is 0. The van der Waals surface area contributed by atoms with Gasteiger partial charge in [-0.25, -0.2) is 4.79 Å². The minimum atomic E-state index is -0.350. The third-order valence-corrected chi connectivity index (χ3v) is 2.73. The van der Waals surface area contributed by atoms with Gasteiger partial charge in [-0.1, -0.05) is 6.58 Å². The van der Waals surface area contributed by atoms with Crippen molar-refractivity contribution in [1.29, 1.82) is 0 Å². The first-order chi connectivity index (χ1) is 8.45. The van der Waals surface area contributed by atoms with Crippen LogP contribution in [0.4, 0.5) is 0 Å². The average molecular weight is 251 g/mol. The van der Waals surface area contributed by atoms with E-state index in [1.807, 2.05) is 26.8 Å². The van der Waals surface area contributed by atoms with Crippen LogP contribution in [0.3, 0.4) is 0 Å². The van der Waals surface area contributed by atoms with Gasteiger partial charge >= 0.3 is 5.97 Å². The smallest absolute Gasteiger partial charge is 0.334 e. The van der Waals surface area contributed by atoms with E-state index in [0.29, 0.717) is 18.7 Å². The Balaban J connectivity index is 2.51. The lowest BCUT2D eigenvalue weighted by Crippen LogP contribution is -2.24. The van der Waals surface area contributed by atoms with Crippen LogP contribution in [0.25, 0.3) is 0 Å². The fraction of sp³-hybridized carbons (Fsp3) is 0.500. The van der Waals surface area contributed by atoms with Gasteiger partial charge in [-0.2, -0.15) is 0 Å². The molecule has 1 heterocycles. The number of rotatable bonds is 6. The molecule has 0 saturated carbocycles. The van der Waals surface area contributed by atoms with Crippen molar-refractivity contribution in [2.75, 3.05) is 13.2 Å². The van der Waals surface area contributed by atoms with Crippen molar-refractivity contribution in [2.45, 2.75) is 33.7 Å². The Bertz CT molecular complexity index is 434. The van der Waals surface area contributed by atoms with E-state index < -0.39 is 0 Å². The number of carbonyl (C=O) groups excluding carboxylic acids is 1. The second kappa shape index (κ2) is 6.40. The third-order valence-electron chi connectivity index (χ3n) is 2.73. The van der Waals surface area contributed by atoms with E-state index in [2.05, 4.69) is 11.9 Å². The molecule has 1 atom stereocenters. The molecular weight excluding hydrogens is 230 g/mol. The van der Waals surface area contributed by atoms with E-state index in [1.54, 1.807) is 6.92 Å². The molecule has 0 fully saturated rings. The number of carbonyl (C=O) groups is 1. The fourth-order valence-corrected chi connectivity index (χ4v) is 1.77. The maximum Gasteiger partial charge on any atom is 0.334 e. The molecule has 0 saturated heterocycles. The van der Waals surface area contributed by atoms with Gasteiger partial charge in [0.05, 0.1) is 6.61 Å². The average Bonchev–Trinajstić information content (AvgIpc) is 2.65. The number of ether oxygens (including phenoxy) is 1. The van der Waals surface area contributed by atoms with Crippen molar-refractivity contribution >= 4 is 5.97 Å². The first-order valence-corrected chi connectivity index (χ1v) is 6.10. The third kappa shape index (κ3) is 3.74. The normalized spacial score (nSPS) is 12.2. The van der Waals surface area contributed by atoms with Gasteiger partial charge in [0, 0.05) is 23.7 Å². The molecule has 0 aliphatic heterocycles. The summed E-state index contributed by atoms with van der Waals surface area (Å²) in [5.74, 6) is 1.44. The highest BCUT2D eigenvalue weighted by molar-refractivity contribution is 5.88. The molecule has 1 unspecified atom stereocenters. The highest BCUT2D eigenvalue weighted by Crippen LogP contribution is 2.21. The fourth-order valence-electron chi connectivity index (χ4n) is 1.77. The Morgan fingerprint density at radius 2 is 2.22 bits per heavy atom. The van der Waals surface area contributed by atoms with Crippen LogP contribution in [0, 0.1) is 13.8 Å². The van der Waals surface area contributed by atoms with Gasteiger partial charge in [0.2, 0.25) is 0 Å². The predicted octanol–water partition coefficient (Wildman–Crippen LogP) is 2.67. The Morgan fingerprint density at radius 3 is 2.72 bits per heavy atom. The predicted molar refractivity (Wildman–Crippen MR) is 70.4 cm³/mol. The number of aryl methyl sites for hydroxylation is 2. The summed E-state index contributed by atoms with van der Waals surface area (Å²) in [6.07, 6.45) is 0. The maximum absolute atomic E-state index is 11.4. The summed E-state index contributed by atoms with van der Waals surface area (Å²) in [5, 5.41) is 3.23. The van der Waals surface area contributed by atoms with Gasteiger partial charge < -0.3 is 14.5 Å². The molecule has 1 aromatic rings. The van der Waals surface area contributed by atoms with Gasteiger partial charge in [0.1, 0.15) is 11.5 Å². The van der Waals surface area contributed by atoms with Crippen LogP contribution in [-0.2, 0) is 9.53 Å². The van der Waals surface area contributed by atoms with Crippen LogP contribution < -0.4 is 5.32 Å². The second-order valence-corrected chi connectivity index (χ2v) is 4.30. The van der Waals surface area contributed by atoms with Crippen molar-refractivity contribution in [3.05, 3.63) is 35.3 Å². The molecule has 1 aromatic heterocycles. The van der Waals surface area contributed by atoms with Crippen molar-refractivity contribution in [2.24, 2.45) is 0 Å². The maximum atomic E-state index is 11.4. The molecule has 100 valence electrons. The number of furan rings is 1. The largest absolute Gasteiger partial charge is 0.466 e. The SMILES string of the molecule is C=C(CNC(C)c1cc(C)oc1C)C(=O)OCC. The first-order valence-electron chi connectivity index (χ1n) is 6.10. The molecule has 0 radical (unpaired) electrons. The Morgan fingerprint density at radius 1 is 1.56 bits per heavy atom. The first kappa shape index (κ1) is 14.5. The Labute approximate surface area is 108 Å². The number of hydrogen-bond acceptors (Lipinski definition) is 4. The van der Waals surface area contributed by atoms with Gasteiger partial charge in [0.25, 0.3) is 0 Å². The van der Waals surface area contributed by atoms with Crippen molar-refractivity contribution in [3.63, 3.8) is 0 Å².